The molecule has 3 aromatic rings. The smallest absolute Gasteiger partial charge is 0.140 e. The van der Waals surface area contributed by atoms with Gasteiger partial charge in [0.25, 0.3) is 0 Å². The van der Waals surface area contributed by atoms with E-state index in [1.165, 1.54) is 23.7 Å². The van der Waals surface area contributed by atoms with Gasteiger partial charge in [0.1, 0.15) is 11.6 Å². The Bertz CT molecular complexity index is 880. The average molecular weight is 338 g/mol. The summed E-state index contributed by atoms with van der Waals surface area (Å²) in [7, 11) is 2.08. The molecule has 0 N–H and O–H groups in total. The molecule has 1 aromatic carbocycles. The van der Waals surface area contributed by atoms with E-state index in [1.807, 2.05) is 0 Å². The minimum Gasteiger partial charge on any atom is -0.378 e. The molecule has 2 aromatic heterocycles. The molecule has 0 unspecified atom stereocenters. The van der Waals surface area contributed by atoms with Gasteiger partial charge in [-0.2, -0.15) is 0 Å². The quantitative estimate of drug-likeness (QED) is 0.666. The van der Waals surface area contributed by atoms with Crippen LogP contribution in [0.5, 0.6) is 0 Å². The van der Waals surface area contributed by atoms with E-state index in [0.717, 1.165) is 61.7 Å². The predicted octanol–water partition coefficient (Wildman–Crippen LogP) is 3.69. The number of aryl methyl sites for hydroxylation is 2. The van der Waals surface area contributed by atoms with Crippen molar-refractivity contribution in [2.75, 3.05) is 31.2 Å². The molecule has 0 atom stereocenters. The molecule has 132 valence electrons. The van der Waals surface area contributed by atoms with Crippen LogP contribution in [0, 0.1) is 0 Å². The van der Waals surface area contributed by atoms with E-state index in [2.05, 4.69) is 47.8 Å². The third kappa shape index (κ3) is 3.09. The van der Waals surface area contributed by atoms with Gasteiger partial charge in [-0.05, 0) is 24.6 Å². The number of morpholine rings is 1. The van der Waals surface area contributed by atoms with Gasteiger partial charge in [0.2, 0.25) is 0 Å². The van der Waals surface area contributed by atoms with Gasteiger partial charge in [0.15, 0.2) is 0 Å². The van der Waals surface area contributed by atoms with Crippen LogP contribution in [0.4, 0.5) is 5.82 Å². The highest BCUT2D eigenvalue weighted by Gasteiger charge is 2.19. The lowest BCUT2D eigenvalue weighted by atomic mass is 10.1. The first-order valence-corrected chi connectivity index (χ1v) is 9.35. The monoisotopic (exact) mass is 338 g/mol. The third-order valence-corrected chi connectivity index (χ3v) is 5.07. The Morgan fingerprint density at radius 1 is 1.04 bits per heavy atom. The SMILES string of the molecule is CCCCCc1nc(N2CCOCC2)c2ccc3c(ccn3C)c2n1. The molecular weight excluding hydrogens is 312 g/mol. The van der Waals surface area contributed by atoms with E-state index in [0.29, 0.717) is 0 Å². The van der Waals surface area contributed by atoms with Crippen molar-refractivity contribution in [3.05, 3.63) is 30.2 Å². The lowest BCUT2D eigenvalue weighted by molar-refractivity contribution is 0.122. The molecule has 0 radical (unpaired) electrons. The van der Waals surface area contributed by atoms with Crippen LogP contribution in [-0.4, -0.2) is 40.8 Å². The summed E-state index contributed by atoms with van der Waals surface area (Å²) in [4.78, 5) is 12.3. The van der Waals surface area contributed by atoms with Gasteiger partial charge in [-0.15, -0.1) is 0 Å². The largest absolute Gasteiger partial charge is 0.378 e. The molecule has 3 heterocycles. The fourth-order valence-electron chi connectivity index (χ4n) is 3.63. The molecule has 0 bridgehead atoms. The highest BCUT2D eigenvalue weighted by atomic mass is 16.5. The maximum absolute atomic E-state index is 5.53. The molecule has 0 saturated carbocycles. The van der Waals surface area contributed by atoms with Gasteiger partial charge >= 0.3 is 0 Å². The number of benzene rings is 1. The van der Waals surface area contributed by atoms with E-state index in [9.17, 15) is 0 Å². The highest BCUT2D eigenvalue weighted by Crippen LogP contribution is 2.31. The summed E-state index contributed by atoms with van der Waals surface area (Å²) in [5, 5.41) is 2.37. The normalized spacial score (nSPS) is 15.4. The van der Waals surface area contributed by atoms with Crippen molar-refractivity contribution in [1.29, 1.82) is 0 Å². The fraction of sp³-hybridized carbons (Fsp3) is 0.500. The van der Waals surface area contributed by atoms with Crippen LogP contribution >= 0.6 is 0 Å². The van der Waals surface area contributed by atoms with Crippen LogP contribution in [-0.2, 0) is 18.2 Å². The average Bonchev–Trinajstić information content (AvgIpc) is 3.03. The molecule has 0 spiro atoms. The van der Waals surface area contributed by atoms with Gasteiger partial charge < -0.3 is 14.2 Å². The Balaban J connectivity index is 1.86. The molecule has 1 aliphatic rings. The van der Waals surface area contributed by atoms with Crippen LogP contribution < -0.4 is 4.90 Å². The maximum Gasteiger partial charge on any atom is 0.140 e. The van der Waals surface area contributed by atoms with Gasteiger partial charge in [0.05, 0.1) is 18.7 Å². The molecule has 4 rings (SSSR count). The Kier molecular flexibility index (Phi) is 4.57. The van der Waals surface area contributed by atoms with E-state index in [1.54, 1.807) is 0 Å². The lowest BCUT2D eigenvalue weighted by Crippen LogP contribution is -2.37. The molecule has 5 heteroatoms. The Morgan fingerprint density at radius 2 is 1.88 bits per heavy atom. The first-order valence-electron chi connectivity index (χ1n) is 9.35. The van der Waals surface area contributed by atoms with Gasteiger partial charge in [-0.25, -0.2) is 9.97 Å². The number of hydrogen-bond acceptors (Lipinski definition) is 4. The van der Waals surface area contributed by atoms with Gasteiger partial charge in [-0.1, -0.05) is 19.8 Å². The minimum atomic E-state index is 0.768. The zero-order valence-corrected chi connectivity index (χ0v) is 15.2. The first-order chi connectivity index (χ1) is 12.3. The summed E-state index contributed by atoms with van der Waals surface area (Å²) >= 11 is 0. The summed E-state index contributed by atoms with van der Waals surface area (Å²) in [6, 6.07) is 6.53. The number of fused-ring (bicyclic) bond motifs is 3. The summed E-state index contributed by atoms with van der Waals surface area (Å²) in [5.41, 5.74) is 2.31. The number of rotatable bonds is 5. The van der Waals surface area contributed by atoms with E-state index >= 15 is 0 Å². The zero-order chi connectivity index (χ0) is 17.2. The van der Waals surface area contributed by atoms with Gasteiger partial charge in [-0.3, -0.25) is 0 Å². The van der Waals surface area contributed by atoms with Crippen molar-refractivity contribution in [2.24, 2.45) is 7.05 Å². The predicted molar refractivity (Wildman–Crippen MR) is 102 cm³/mol. The number of hydrogen-bond donors (Lipinski definition) is 0. The molecule has 1 aliphatic heterocycles. The number of nitrogens with zero attached hydrogens (tertiary/aromatic N) is 4. The summed E-state index contributed by atoms with van der Waals surface area (Å²) < 4.78 is 7.68. The number of unbranched alkanes of at least 4 members (excludes halogenated alkanes) is 2. The Morgan fingerprint density at radius 3 is 2.68 bits per heavy atom. The second-order valence-electron chi connectivity index (χ2n) is 6.84. The van der Waals surface area contributed by atoms with Gasteiger partial charge in [0, 0.05) is 49.0 Å². The topological polar surface area (TPSA) is 43.2 Å². The van der Waals surface area contributed by atoms with Crippen molar-refractivity contribution in [1.82, 2.24) is 14.5 Å². The van der Waals surface area contributed by atoms with E-state index < -0.39 is 0 Å². The second-order valence-corrected chi connectivity index (χ2v) is 6.84. The van der Waals surface area contributed by atoms with Crippen LogP contribution in [0.3, 0.4) is 0 Å². The van der Waals surface area contributed by atoms with Crippen LogP contribution in [0.1, 0.15) is 32.0 Å². The summed E-state index contributed by atoms with van der Waals surface area (Å²) in [6.45, 7) is 5.56. The van der Waals surface area contributed by atoms with Crippen LogP contribution in [0.15, 0.2) is 24.4 Å². The third-order valence-electron chi connectivity index (χ3n) is 5.07. The van der Waals surface area contributed by atoms with Crippen molar-refractivity contribution in [3.63, 3.8) is 0 Å². The molecule has 0 aliphatic carbocycles. The Hall–Kier alpha value is -2.14. The van der Waals surface area contributed by atoms with Crippen LogP contribution in [0.2, 0.25) is 0 Å². The maximum atomic E-state index is 5.53. The summed E-state index contributed by atoms with van der Waals surface area (Å²) in [6.07, 6.45) is 6.65. The lowest BCUT2D eigenvalue weighted by Gasteiger charge is -2.29. The van der Waals surface area contributed by atoms with Crippen molar-refractivity contribution in [2.45, 2.75) is 32.6 Å². The molecule has 5 nitrogen and oxygen atoms in total. The van der Waals surface area contributed by atoms with Crippen molar-refractivity contribution >= 4 is 27.6 Å². The van der Waals surface area contributed by atoms with Crippen LogP contribution in [0.25, 0.3) is 21.8 Å². The molecule has 25 heavy (non-hydrogen) atoms. The molecule has 1 saturated heterocycles. The first kappa shape index (κ1) is 16.3. The minimum absolute atomic E-state index is 0.768. The molecular formula is C20H26N4O. The molecule has 1 fully saturated rings. The van der Waals surface area contributed by atoms with Crippen molar-refractivity contribution in [3.8, 4) is 0 Å². The van der Waals surface area contributed by atoms with Crippen molar-refractivity contribution < 1.29 is 4.74 Å². The molecule has 0 amide bonds. The van der Waals surface area contributed by atoms with E-state index in [-0.39, 0.29) is 0 Å². The standard InChI is InChI=1S/C20H26N4O/c1-3-4-5-6-18-21-19-15-9-10-23(2)17(15)8-7-16(19)20(22-18)24-11-13-25-14-12-24/h7-10H,3-6,11-14H2,1-2H3. The second kappa shape index (κ2) is 7.00. The number of anilines is 1. The van der Waals surface area contributed by atoms with E-state index in [4.69, 9.17) is 14.7 Å². The fourth-order valence-corrected chi connectivity index (χ4v) is 3.63. The zero-order valence-electron chi connectivity index (χ0n) is 15.2. The summed E-state index contributed by atoms with van der Waals surface area (Å²) in [5.74, 6) is 2.05. The number of ether oxygens (including phenoxy) is 1. The highest BCUT2D eigenvalue weighted by molar-refractivity contribution is 6.07. The Labute approximate surface area is 148 Å². The number of aromatic nitrogens is 3.